The lowest BCUT2D eigenvalue weighted by molar-refractivity contribution is -0.122. The number of nitrogens with two attached hydrogens (primary N) is 1. The van der Waals surface area contributed by atoms with Crippen LogP contribution in [-0.4, -0.2) is 10.9 Å². The normalized spacial score (nSPS) is 11.3. The van der Waals surface area contributed by atoms with Gasteiger partial charge in [-0.15, -0.1) is 0 Å². The van der Waals surface area contributed by atoms with Crippen LogP contribution in [0, 0.1) is 5.41 Å². The SMILES string of the molecule is CCC(CC)(C(=O)Nc1cccc2ccccc12)C(N)=S. The van der Waals surface area contributed by atoms with Crippen LogP contribution in [0.2, 0.25) is 0 Å². The lowest BCUT2D eigenvalue weighted by Gasteiger charge is -2.29. The van der Waals surface area contributed by atoms with Crippen LogP contribution in [0.5, 0.6) is 0 Å². The summed E-state index contributed by atoms with van der Waals surface area (Å²) in [6, 6.07) is 13.8. The third kappa shape index (κ3) is 2.76. The van der Waals surface area contributed by atoms with E-state index in [2.05, 4.69) is 5.32 Å². The van der Waals surface area contributed by atoms with Gasteiger partial charge in [-0.2, -0.15) is 0 Å². The highest BCUT2D eigenvalue weighted by Crippen LogP contribution is 2.30. The molecule has 110 valence electrons. The van der Waals surface area contributed by atoms with Crippen molar-refractivity contribution in [2.45, 2.75) is 26.7 Å². The van der Waals surface area contributed by atoms with Gasteiger partial charge in [0, 0.05) is 11.1 Å². The summed E-state index contributed by atoms with van der Waals surface area (Å²) in [5.41, 5.74) is 5.84. The minimum Gasteiger partial charge on any atom is -0.392 e. The third-order valence-corrected chi connectivity index (χ3v) is 4.54. The Bertz CT molecular complexity index is 672. The van der Waals surface area contributed by atoms with Gasteiger partial charge in [0.15, 0.2) is 0 Å². The molecule has 3 N–H and O–H groups in total. The maximum atomic E-state index is 12.7. The predicted molar refractivity (Wildman–Crippen MR) is 92.4 cm³/mol. The van der Waals surface area contributed by atoms with Crippen molar-refractivity contribution in [2.24, 2.45) is 11.1 Å². The van der Waals surface area contributed by atoms with Gasteiger partial charge in [0.05, 0.1) is 10.4 Å². The molecule has 21 heavy (non-hydrogen) atoms. The molecule has 2 aromatic carbocycles. The van der Waals surface area contributed by atoms with E-state index in [-0.39, 0.29) is 10.9 Å². The van der Waals surface area contributed by atoms with Crippen molar-refractivity contribution in [3.05, 3.63) is 42.5 Å². The number of anilines is 1. The Balaban J connectivity index is 2.40. The van der Waals surface area contributed by atoms with Gasteiger partial charge in [-0.05, 0) is 24.3 Å². The first-order valence-corrected chi connectivity index (χ1v) is 7.55. The number of amides is 1. The fraction of sp³-hybridized carbons (Fsp3) is 0.294. The minimum absolute atomic E-state index is 0.128. The van der Waals surface area contributed by atoms with Crippen LogP contribution in [0.4, 0.5) is 5.69 Å². The van der Waals surface area contributed by atoms with Gasteiger partial charge >= 0.3 is 0 Å². The molecule has 0 unspecified atom stereocenters. The average Bonchev–Trinajstić information content (AvgIpc) is 2.49. The summed E-state index contributed by atoms with van der Waals surface area (Å²) < 4.78 is 0. The Hall–Kier alpha value is -1.94. The first-order valence-electron chi connectivity index (χ1n) is 7.14. The van der Waals surface area contributed by atoms with Crippen molar-refractivity contribution in [3.63, 3.8) is 0 Å². The van der Waals surface area contributed by atoms with Crippen LogP contribution < -0.4 is 11.1 Å². The highest BCUT2D eigenvalue weighted by Gasteiger charge is 2.38. The van der Waals surface area contributed by atoms with Gasteiger partial charge < -0.3 is 11.1 Å². The van der Waals surface area contributed by atoms with Crippen LogP contribution in [-0.2, 0) is 4.79 Å². The van der Waals surface area contributed by atoms with E-state index in [0.717, 1.165) is 16.5 Å². The fourth-order valence-electron chi connectivity index (χ4n) is 2.61. The molecule has 0 aliphatic rings. The second kappa shape index (κ2) is 6.22. The van der Waals surface area contributed by atoms with Crippen molar-refractivity contribution in [2.75, 3.05) is 5.32 Å². The zero-order valence-corrected chi connectivity index (χ0v) is 13.2. The molecule has 0 aromatic heterocycles. The van der Waals surface area contributed by atoms with Crippen molar-refractivity contribution < 1.29 is 4.79 Å². The van der Waals surface area contributed by atoms with E-state index < -0.39 is 5.41 Å². The highest BCUT2D eigenvalue weighted by molar-refractivity contribution is 7.80. The van der Waals surface area contributed by atoms with E-state index in [1.807, 2.05) is 56.3 Å². The summed E-state index contributed by atoms with van der Waals surface area (Å²) in [4.78, 5) is 13.0. The summed E-state index contributed by atoms with van der Waals surface area (Å²) in [6.45, 7) is 3.87. The van der Waals surface area contributed by atoms with Gasteiger partial charge in [0.1, 0.15) is 0 Å². The molecule has 0 spiro atoms. The van der Waals surface area contributed by atoms with Crippen LogP contribution >= 0.6 is 12.2 Å². The van der Waals surface area contributed by atoms with Crippen LogP contribution in [0.3, 0.4) is 0 Å². The first-order chi connectivity index (χ1) is 10.0. The van der Waals surface area contributed by atoms with E-state index in [1.165, 1.54) is 0 Å². The summed E-state index contributed by atoms with van der Waals surface area (Å²) >= 11 is 5.13. The molecule has 0 aliphatic carbocycles. The Morgan fingerprint density at radius 3 is 2.38 bits per heavy atom. The molecule has 3 nitrogen and oxygen atoms in total. The molecule has 1 amide bonds. The maximum Gasteiger partial charge on any atom is 0.237 e. The number of thiocarbonyl (C=S) groups is 1. The molecule has 0 saturated carbocycles. The molecule has 0 saturated heterocycles. The van der Waals surface area contributed by atoms with Crippen LogP contribution in [0.15, 0.2) is 42.5 Å². The lowest BCUT2D eigenvalue weighted by atomic mass is 9.81. The Kier molecular flexibility index (Phi) is 4.58. The number of hydrogen-bond donors (Lipinski definition) is 2. The lowest BCUT2D eigenvalue weighted by Crippen LogP contribution is -2.45. The molecule has 4 heteroatoms. The first kappa shape index (κ1) is 15.4. The molecule has 0 heterocycles. The molecule has 0 bridgehead atoms. The van der Waals surface area contributed by atoms with Gasteiger partial charge in [-0.25, -0.2) is 0 Å². The summed E-state index contributed by atoms with van der Waals surface area (Å²) in [5.74, 6) is -0.128. The molecule has 2 aromatic rings. The van der Waals surface area contributed by atoms with Gasteiger partial charge in [-0.3, -0.25) is 4.79 Å². The van der Waals surface area contributed by atoms with Crippen molar-refractivity contribution in [1.82, 2.24) is 0 Å². The van der Waals surface area contributed by atoms with Gasteiger partial charge in [0.25, 0.3) is 0 Å². The topological polar surface area (TPSA) is 55.1 Å². The van der Waals surface area contributed by atoms with Crippen molar-refractivity contribution >= 4 is 39.6 Å². The average molecular weight is 300 g/mol. The van der Waals surface area contributed by atoms with Crippen LogP contribution in [0.25, 0.3) is 10.8 Å². The van der Waals surface area contributed by atoms with E-state index in [9.17, 15) is 4.79 Å². The Morgan fingerprint density at radius 2 is 1.76 bits per heavy atom. The molecular weight excluding hydrogens is 280 g/mol. The fourth-order valence-corrected chi connectivity index (χ4v) is 2.99. The number of benzene rings is 2. The van der Waals surface area contributed by atoms with Crippen molar-refractivity contribution in [1.29, 1.82) is 0 Å². The van der Waals surface area contributed by atoms with Crippen LogP contribution in [0.1, 0.15) is 26.7 Å². The number of fused-ring (bicyclic) bond motifs is 1. The summed E-state index contributed by atoms with van der Waals surface area (Å²) in [7, 11) is 0. The molecular formula is C17H20N2OS. The standard InChI is InChI=1S/C17H20N2OS/c1-3-17(4-2,15(18)21)16(20)19-14-11-7-9-12-8-5-6-10-13(12)14/h5-11H,3-4H2,1-2H3,(H2,18,21)(H,19,20). The number of rotatable bonds is 5. The van der Waals surface area contributed by atoms with Gasteiger partial charge in [0.2, 0.25) is 5.91 Å². The van der Waals surface area contributed by atoms with Crippen molar-refractivity contribution in [3.8, 4) is 0 Å². The largest absolute Gasteiger partial charge is 0.392 e. The number of hydrogen-bond acceptors (Lipinski definition) is 2. The summed E-state index contributed by atoms with van der Waals surface area (Å²) in [6.07, 6.45) is 1.19. The molecule has 0 radical (unpaired) electrons. The van der Waals surface area contributed by atoms with E-state index >= 15 is 0 Å². The highest BCUT2D eigenvalue weighted by atomic mass is 32.1. The second-order valence-corrected chi connectivity index (χ2v) is 5.57. The Morgan fingerprint density at radius 1 is 1.14 bits per heavy atom. The second-order valence-electron chi connectivity index (χ2n) is 5.13. The monoisotopic (exact) mass is 300 g/mol. The molecule has 2 rings (SSSR count). The predicted octanol–water partition coefficient (Wildman–Crippen LogP) is 3.87. The zero-order valence-electron chi connectivity index (χ0n) is 12.3. The molecule has 0 atom stereocenters. The Labute approximate surface area is 130 Å². The smallest absolute Gasteiger partial charge is 0.237 e. The molecule has 0 aliphatic heterocycles. The van der Waals surface area contributed by atoms with E-state index in [1.54, 1.807) is 0 Å². The maximum absolute atomic E-state index is 12.7. The number of carbonyl (C=O) groups is 1. The minimum atomic E-state index is -0.785. The quantitative estimate of drug-likeness (QED) is 0.824. The third-order valence-electron chi connectivity index (χ3n) is 4.15. The van der Waals surface area contributed by atoms with E-state index in [4.69, 9.17) is 18.0 Å². The molecule has 0 fully saturated rings. The van der Waals surface area contributed by atoms with E-state index in [0.29, 0.717) is 12.8 Å². The number of carbonyl (C=O) groups excluding carboxylic acids is 1. The summed E-state index contributed by atoms with van der Waals surface area (Å²) in [5, 5.41) is 5.10. The van der Waals surface area contributed by atoms with Gasteiger partial charge in [-0.1, -0.05) is 62.5 Å². The zero-order chi connectivity index (χ0) is 15.5. The number of nitrogens with one attached hydrogen (secondary N) is 1.